The van der Waals surface area contributed by atoms with E-state index in [1.54, 1.807) is 18.2 Å². The van der Waals surface area contributed by atoms with Crippen LogP contribution in [0.15, 0.2) is 30.3 Å². The van der Waals surface area contributed by atoms with E-state index < -0.39 is 0 Å². The predicted octanol–water partition coefficient (Wildman–Crippen LogP) is 3.86. The van der Waals surface area contributed by atoms with E-state index in [0.29, 0.717) is 23.1 Å². The molecule has 0 spiro atoms. The van der Waals surface area contributed by atoms with Gasteiger partial charge in [-0.3, -0.25) is 0 Å². The van der Waals surface area contributed by atoms with Crippen LogP contribution in [0.2, 0.25) is 5.15 Å². The van der Waals surface area contributed by atoms with Gasteiger partial charge in [-0.25, -0.2) is 14.4 Å². The van der Waals surface area contributed by atoms with Gasteiger partial charge in [0.05, 0.1) is 0 Å². The summed E-state index contributed by atoms with van der Waals surface area (Å²) in [6.07, 6.45) is 1.73. The number of nitrogens with zero attached hydrogens (tertiary/aromatic N) is 3. The van der Waals surface area contributed by atoms with Crippen molar-refractivity contribution >= 4 is 17.4 Å². The van der Waals surface area contributed by atoms with E-state index in [2.05, 4.69) is 16.9 Å². The molecule has 0 aliphatic heterocycles. The highest BCUT2D eigenvalue weighted by atomic mass is 35.5. The van der Waals surface area contributed by atoms with E-state index >= 15 is 0 Å². The Morgan fingerprint density at radius 3 is 2.70 bits per heavy atom. The zero-order chi connectivity index (χ0) is 14.5. The number of hydrogen-bond acceptors (Lipinski definition) is 3. The van der Waals surface area contributed by atoms with E-state index in [0.717, 1.165) is 18.7 Å². The van der Waals surface area contributed by atoms with Gasteiger partial charge in [0, 0.05) is 31.6 Å². The standard InChI is InChI=1S/C15H17ClFN3/c1-3-6-14-18-13(16)9-15(19-14)20(2)10-11-7-4-5-8-12(11)17/h4-5,7-9H,3,6,10H2,1-2H3. The third kappa shape index (κ3) is 3.67. The maximum Gasteiger partial charge on any atom is 0.134 e. The molecule has 0 saturated carbocycles. The minimum Gasteiger partial charge on any atom is -0.355 e. The third-order valence-electron chi connectivity index (χ3n) is 2.96. The summed E-state index contributed by atoms with van der Waals surface area (Å²) in [5, 5.41) is 0.416. The lowest BCUT2D eigenvalue weighted by Crippen LogP contribution is -2.19. The molecular weight excluding hydrogens is 277 g/mol. The summed E-state index contributed by atoms with van der Waals surface area (Å²) in [6, 6.07) is 8.42. The average molecular weight is 294 g/mol. The summed E-state index contributed by atoms with van der Waals surface area (Å²) < 4.78 is 13.7. The van der Waals surface area contributed by atoms with Crippen molar-refractivity contribution in [3.8, 4) is 0 Å². The van der Waals surface area contributed by atoms with Crippen LogP contribution in [-0.4, -0.2) is 17.0 Å². The van der Waals surface area contributed by atoms with Gasteiger partial charge in [0.15, 0.2) is 0 Å². The molecular formula is C15H17ClFN3. The fourth-order valence-corrected chi connectivity index (χ4v) is 2.14. The van der Waals surface area contributed by atoms with Crippen LogP contribution >= 0.6 is 11.6 Å². The van der Waals surface area contributed by atoms with Crippen molar-refractivity contribution in [3.05, 3.63) is 52.7 Å². The predicted molar refractivity (Wildman–Crippen MR) is 79.5 cm³/mol. The number of halogens is 2. The molecule has 2 rings (SSSR count). The largest absolute Gasteiger partial charge is 0.355 e. The first-order valence-corrected chi connectivity index (χ1v) is 6.96. The van der Waals surface area contributed by atoms with Gasteiger partial charge in [0.2, 0.25) is 0 Å². The molecule has 2 aromatic rings. The van der Waals surface area contributed by atoms with E-state index in [4.69, 9.17) is 11.6 Å². The van der Waals surface area contributed by atoms with Crippen molar-refractivity contribution in [3.63, 3.8) is 0 Å². The van der Waals surface area contributed by atoms with Crippen LogP contribution in [0.3, 0.4) is 0 Å². The first-order valence-electron chi connectivity index (χ1n) is 6.58. The van der Waals surface area contributed by atoms with E-state index in [-0.39, 0.29) is 5.82 Å². The van der Waals surface area contributed by atoms with E-state index in [1.165, 1.54) is 6.07 Å². The van der Waals surface area contributed by atoms with Crippen LogP contribution in [0.5, 0.6) is 0 Å². The second-order valence-corrected chi connectivity index (χ2v) is 5.05. The van der Waals surface area contributed by atoms with Gasteiger partial charge in [-0.1, -0.05) is 36.7 Å². The highest BCUT2D eigenvalue weighted by molar-refractivity contribution is 6.29. The quantitative estimate of drug-likeness (QED) is 0.784. The smallest absolute Gasteiger partial charge is 0.134 e. The Hall–Kier alpha value is -1.68. The summed E-state index contributed by atoms with van der Waals surface area (Å²) in [6.45, 7) is 2.50. The summed E-state index contributed by atoms with van der Waals surface area (Å²) in [7, 11) is 1.86. The Morgan fingerprint density at radius 1 is 1.25 bits per heavy atom. The van der Waals surface area contributed by atoms with Gasteiger partial charge in [-0.2, -0.15) is 0 Å². The molecule has 106 valence electrons. The fraction of sp³-hybridized carbons (Fsp3) is 0.333. The van der Waals surface area contributed by atoms with Crippen LogP contribution in [-0.2, 0) is 13.0 Å². The van der Waals surface area contributed by atoms with Crippen LogP contribution in [0.4, 0.5) is 10.2 Å². The second kappa shape index (κ2) is 6.66. The van der Waals surface area contributed by atoms with Crippen molar-refractivity contribution in [2.45, 2.75) is 26.3 Å². The lowest BCUT2D eigenvalue weighted by molar-refractivity contribution is 0.607. The highest BCUT2D eigenvalue weighted by Crippen LogP contribution is 2.18. The third-order valence-corrected chi connectivity index (χ3v) is 3.15. The van der Waals surface area contributed by atoms with Crippen LogP contribution in [0.1, 0.15) is 24.7 Å². The summed E-state index contributed by atoms with van der Waals surface area (Å²) in [4.78, 5) is 10.5. The summed E-state index contributed by atoms with van der Waals surface area (Å²) in [5.74, 6) is 1.21. The zero-order valence-corrected chi connectivity index (χ0v) is 12.4. The molecule has 0 amide bonds. The Labute approximate surface area is 123 Å². The first-order chi connectivity index (χ1) is 9.60. The van der Waals surface area contributed by atoms with E-state index in [1.807, 2.05) is 18.0 Å². The molecule has 0 radical (unpaired) electrons. The van der Waals surface area contributed by atoms with Crippen molar-refractivity contribution in [2.75, 3.05) is 11.9 Å². The molecule has 5 heteroatoms. The lowest BCUT2D eigenvalue weighted by atomic mass is 10.2. The Morgan fingerprint density at radius 2 is 2.00 bits per heavy atom. The minimum absolute atomic E-state index is 0.215. The summed E-state index contributed by atoms with van der Waals surface area (Å²) >= 11 is 6.01. The van der Waals surface area contributed by atoms with Crippen LogP contribution < -0.4 is 4.90 Å². The van der Waals surface area contributed by atoms with E-state index in [9.17, 15) is 4.39 Å². The van der Waals surface area contributed by atoms with Gasteiger partial charge in [-0.15, -0.1) is 0 Å². The maximum absolute atomic E-state index is 13.7. The lowest BCUT2D eigenvalue weighted by Gasteiger charge is -2.19. The van der Waals surface area contributed by atoms with Gasteiger partial charge in [0.25, 0.3) is 0 Å². The van der Waals surface area contributed by atoms with Crippen molar-refractivity contribution in [2.24, 2.45) is 0 Å². The molecule has 3 nitrogen and oxygen atoms in total. The summed E-state index contributed by atoms with van der Waals surface area (Å²) in [5.41, 5.74) is 0.627. The van der Waals surface area contributed by atoms with Crippen LogP contribution in [0.25, 0.3) is 0 Å². The number of rotatable bonds is 5. The number of aryl methyl sites for hydroxylation is 1. The van der Waals surface area contributed by atoms with Crippen LogP contribution in [0, 0.1) is 5.82 Å². The Kier molecular flexibility index (Phi) is 4.90. The van der Waals surface area contributed by atoms with Crippen molar-refractivity contribution in [1.82, 2.24) is 9.97 Å². The molecule has 0 bridgehead atoms. The van der Waals surface area contributed by atoms with Crippen molar-refractivity contribution in [1.29, 1.82) is 0 Å². The molecule has 1 aromatic carbocycles. The number of benzene rings is 1. The SMILES string of the molecule is CCCc1nc(Cl)cc(N(C)Cc2ccccc2F)n1. The maximum atomic E-state index is 13.7. The first kappa shape index (κ1) is 14.7. The van der Waals surface area contributed by atoms with Gasteiger partial charge in [0.1, 0.15) is 22.6 Å². The fourth-order valence-electron chi connectivity index (χ4n) is 1.95. The second-order valence-electron chi connectivity index (χ2n) is 4.66. The van der Waals surface area contributed by atoms with Gasteiger partial charge in [-0.05, 0) is 12.5 Å². The molecule has 0 unspecified atom stereocenters. The molecule has 1 heterocycles. The van der Waals surface area contributed by atoms with Gasteiger partial charge < -0.3 is 4.90 Å². The normalized spacial score (nSPS) is 10.6. The monoisotopic (exact) mass is 293 g/mol. The zero-order valence-electron chi connectivity index (χ0n) is 11.6. The molecule has 0 saturated heterocycles. The molecule has 0 aliphatic carbocycles. The molecule has 0 N–H and O–H groups in total. The number of hydrogen-bond donors (Lipinski definition) is 0. The Bertz CT molecular complexity index is 589. The number of anilines is 1. The Balaban J connectivity index is 2.20. The van der Waals surface area contributed by atoms with Crippen molar-refractivity contribution < 1.29 is 4.39 Å². The average Bonchev–Trinajstić information content (AvgIpc) is 2.41. The molecule has 0 atom stereocenters. The molecule has 0 aliphatic rings. The van der Waals surface area contributed by atoms with Gasteiger partial charge >= 0.3 is 0 Å². The topological polar surface area (TPSA) is 29.0 Å². The molecule has 1 aromatic heterocycles. The molecule has 20 heavy (non-hydrogen) atoms. The molecule has 0 fully saturated rings. The number of aromatic nitrogens is 2. The minimum atomic E-state index is -0.215. The highest BCUT2D eigenvalue weighted by Gasteiger charge is 2.10.